The summed E-state index contributed by atoms with van der Waals surface area (Å²) in [6, 6.07) is 0. The first-order chi connectivity index (χ1) is 5.20. The Morgan fingerprint density at radius 1 is 1.73 bits per heavy atom. The molecule has 1 heterocycles. The van der Waals surface area contributed by atoms with Crippen molar-refractivity contribution in [3.05, 3.63) is 11.9 Å². The van der Waals surface area contributed by atoms with Gasteiger partial charge in [0.1, 0.15) is 5.69 Å². The summed E-state index contributed by atoms with van der Waals surface area (Å²) in [7, 11) is 3.38. The third kappa shape index (κ3) is 1.07. The van der Waals surface area contributed by atoms with E-state index in [0.29, 0.717) is 12.0 Å². The molecule has 1 aromatic rings. The fraction of sp³-hybridized carbons (Fsp3) is 0.286. The largest absolute Gasteiger partial charge is 0.504 e. The zero-order chi connectivity index (χ0) is 8.43. The normalized spacial score (nSPS) is 9.64. The van der Waals surface area contributed by atoms with E-state index in [-0.39, 0.29) is 11.4 Å². The molecule has 0 radical (unpaired) electrons. The van der Waals surface area contributed by atoms with Crippen molar-refractivity contribution in [3.8, 4) is 5.75 Å². The fourth-order valence-corrected chi connectivity index (χ4v) is 0.951. The Balaban J connectivity index is 3.24. The Hall–Kier alpha value is -1.45. The molecule has 0 spiro atoms. The highest BCUT2D eigenvalue weighted by atomic mass is 16.3. The Bertz CT molecular complexity index is 278. The highest BCUT2D eigenvalue weighted by Crippen LogP contribution is 2.26. The summed E-state index contributed by atoms with van der Waals surface area (Å²) in [4.78, 5) is 10.4. The van der Waals surface area contributed by atoms with Crippen LogP contribution in [0.2, 0.25) is 0 Å². The van der Waals surface area contributed by atoms with Crippen LogP contribution in [0, 0.1) is 0 Å². The van der Waals surface area contributed by atoms with Crippen molar-refractivity contribution in [1.82, 2.24) is 4.57 Å². The average molecular weight is 154 g/mol. The maximum absolute atomic E-state index is 10.4. The van der Waals surface area contributed by atoms with Crippen molar-refractivity contribution in [2.75, 3.05) is 12.4 Å². The number of aromatic hydroxyl groups is 1. The monoisotopic (exact) mass is 154 g/mol. The summed E-state index contributed by atoms with van der Waals surface area (Å²) in [5.74, 6) is 0.00463. The smallest absolute Gasteiger partial charge is 0.170 e. The Kier molecular flexibility index (Phi) is 1.85. The number of anilines is 1. The van der Waals surface area contributed by atoms with Crippen molar-refractivity contribution in [3.63, 3.8) is 0 Å². The zero-order valence-corrected chi connectivity index (χ0v) is 6.46. The van der Waals surface area contributed by atoms with Gasteiger partial charge >= 0.3 is 0 Å². The molecule has 1 rings (SSSR count). The number of aryl methyl sites for hydroxylation is 1. The molecule has 4 nitrogen and oxygen atoms in total. The van der Waals surface area contributed by atoms with Crippen molar-refractivity contribution < 1.29 is 9.90 Å². The van der Waals surface area contributed by atoms with E-state index in [1.54, 1.807) is 24.9 Å². The van der Waals surface area contributed by atoms with Gasteiger partial charge in [-0.25, -0.2) is 0 Å². The lowest BCUT2D eigenvalue weighted by Crippen LogP contribution is -1.91. The molecule has 0 bridgehead atoms. The first kappa shape index (κ1) is 7.65. The summed E-state index contributed by atoms with van der Waals surface area (Å²) >= 11 is 0. The Labute approximate surface area is 64.5 Å². The van der Waals surface area contributed by atoms with Gasteiger partial charge in [-0.05, 0) is 0 Å². The highest BCUT2D eigenvalue weighted by Gasteiger charge is 2.09. The molecule has 11 heavy (non-hydrogen) atoms. The molecule has 0 aromatic carbocycles. The van der Waals surface area contributed by atoms with Crippen LogP contribution in [0.5, 0.6) is 5.75 Å². The van der Waals surface area contributed by atoms with E-state index in [2.05, 4.69) is 5.32 Å². The molecule has 1 aromatic heterocycles. The lowest BCUT2D eigenvalue weighted by molar-refractivity contribution is 0.111. The minimum atomic E-state index is 0.00463. The van der Waals surface area contributed by atoms with E-state index < -0.39 is 0 Å². The van der Waals surface area contributed by atoms with E-state index in [4.69, 9.17) is 0 Å². The molecule has 0 saturated carbocycles. The molecule has 0 aliphatic rings. The van der Waals surface area contributed by atoms with E-state index in [1.165, 1.54) is 0 Å². The van der Waals surface area contributed by atoms with Gasteiger partial charge in [0.2, 0.25) is 0 Å². The van der Waals surface area contributed by atoms with Crippen LogP contribution in [0.15, 0.2) is 6.20 Å². The van der Waals surface area contributed by atoms with Crippen LogP contribution >= 0.6 is 0 Å². The van der Waals surface area contributed by atoms with E-state index >= 15 is 0 Å². The van der Waals surface area contributed by atoms with Gasteiger partial charge in [0, 0.05) is 20.3 Å². The molecular formula is C7H10N2O2. The maximum Gasteiger partial charge on any atom is 0.170 e. The first-order valence-corrected chi connectivity index (χ1v) is 3.22. The van der Waals surface area contributed by atoms with Gasteiger partial charge in [0.25, 0.3) is 0 Å². The number of aldehydes is 1. The number of nitrogens with one attached hydrogen (secondary N) is 1. The standard InChI is InChI=1S/C7H10N2O2/c1-8-5-3-9(2)6(4-10)7(5)11/h3-4,8,11H,1-2H3. The van der Waals surface area contributed by atoms with Crippen molar-refractivity contribution >= 4 is 12.0 Å². The number of hydrogen-bond acceptors (Lipinski definition) is 3. The predicted molar refractivity (Wildman–Crippen MR) is 42.0 cm³/mol. The summed E-state index contributed by atoms with van der Waals surface area (Å²) in [5, 5.41) is 12.1. The van der Waals surface area contributed by atoms with Gasteiger partial charge in [-0.15, -0.1) is 0 Å². The number of hydrogen-bond donors (Lipinski definition) is 2. The molecule has 0 amide bonds. The third-order valence-corrected chi connectivity index (χ3v) is 1.58. The van der Waals surface area contributed by atoms with E-state index in [0.717, 1.165) is 0 Å². The molecular weight excluding hydrogens is 144 g/mol. The van der Waals surface area contributed by atoms with Gasteiger partial charge in [-0.2, -0.15) is 0 Å². The second-order valence-corrected chi connectivity index (χ2v) is 2.26. The van der Waals surface area contributed by atoms with Crippen LogP contribution in [0.4, 0.5) is 5.69 Å². The van der Waals surface area contributed by atoms with Gasteiger partial charge < -0.3 is 15.0 Å². The summed E-state index contributed by atoms with van der Waals surface area (Å²) in [6.07, 6.45) is 2.27. The van der Waals surface area contributed by atoms with Gasteiger partial charge in [-0.3, -0.25) is 4.79 Å². The molecule has 0 aliphatic heterocycles. The molecule has 4 heteroatoms. The molecule has 0 aliphatic carbocycles. The van der Waals surface area contributed by atoms with Gasteiger partial charge in [0.15, 0.2) is 12.0 Å². The Morgan fingerprint density at radius 2 is 2.36 bits per heavy atom. The fourth-order valence-electron chi connectivity index (χ4n) is 0.951. The minimum absolute atomic E-state index is 0.00463. The first-order valence-electron chi connectivity index (χ1n) is 3.22. The number of rotatable bonds is 2. The average Bonchev–Trinajstić information content (AvgIpc) is 2.26. The quantitative estimate of drug-likeness (QED) is 0.613. The molecule has 0 atom stereocenters. The van der Waals surface area contributed by atoms with E-state index in [1.807, 2.05) is 0 Å². The predicted octanol–water partition coefficient (Wildman–Crippen LogP) is 0.585. The SMILES string of the molecule is CNc1cn(C)c(C=O)c1O. The van der Waals surface area contributed by atoms with Crippen molar-refractivity contribution in [2.45, 2.75) is 0 Å². The lowest BCUT2D eigenvalue weighted by Gasteiger charge is -1.93. The number of nitrogens with zero attached hydrogens (tertiary/aromatic N) is 1. The lowest BCUT2D eigenvalue weighted by atomic mass is 10.4. The molecule has 2 N–H and O–H groups in total. The third-order valence-electron chi connectivity index (χ3n) is 1.58. The van der Waals surface area contributed by atoms with Gasteiger partial charge in [0.05, 0.1) is 5.69 Å². The molecule has 60 valence electrons. The van der Waals surface area contributed by atoms with E-state index in [9.17, 15) is 9.90 Å². The van der Waals surface area contributed by atoms with Crippen LogP contribution in [0.1, 0.15) is 10.5 Å². The maximum atomic E-state index is 10.4. The summed E-state index contributed by atoms with van der Waals surface area (Å²) < 4.78 is 1.56. The minimum Gasteiger partial charge on any atom is -0.504 e. The van der Waals surface area contributed by atoms with Crippen LogP contribution < -0.4 is 5.32 Å². The van der Waals surface area contributed by atoms with Crippen LogP contribution in [0.25, 0.3) is 0 Å². The second kappa shape index (κ2) is 2.65. The van der Waals surface area contributed by atoms with Crippen LogP contribution in [-0.4, -0.2) is 23.0 Å². The number of carbonyl (C=O) groups excluding carboxylic acids is 1. The van der Waals surface area contributed by atoms with Crippen LogP contribution in [0.3, 0.4) is 0 Å². The van der Waals surface area contributed by atoms with Crippen LogP contribution in [-0.2, 0) is 7.05 Å². The molecule has 0 fully saturated rings. The topological polar surface area (TPSA) is 54.3 Å². The Morgan fingerprint density at radius 3 is 2.64 bits per heavy atom. The van der Waals surface area contributed by atoms with Gasteiger partial charge in [-0.1, -0.05) is 0 Å². The van der Waals surface area contributed by atoms with Crippen molar-refractivity contribution in [1.29, 1.82) is 0 Å². The molecule has 0 saturated heterocycles. The summed E-state index contributed by atoms with van der Waals surface area (Å²) in [5.41, 5.74) is 0.851. The van der Waals surface area contributed by atoms with Crippen molar-refractivity contribution in [2.24, 2.45) is 7.05 Å². The molecule has 0 unspecified atom stereocenters. The number of carbonyl (C=O) groups is 1. The number of aromatic nitrogens is 1. The summed E-state index contributed by atoms with van der Waals surface area (Å²) in [6.45, 7) is 0. The zero-order valence-electron chi connectivity index (χ0n) is 6.46. The highest BCUT2D eigenvalue weighted by molar-refractivity contribution is 5.82. The second-order valence-electron chi connectivity index (χ2n) is 2.26.